The minimum absolute atomic E-state index is 0.120. The van der Waals surface area contributed by atoms with Gasteiger partial charge in [0.25, 0.3) is 0 Å². The van der Waals surface area contributed by atoms with E-state index in [2.05, 4.69) is 4.98 Å². The number of aromatic nitrogens is 2. The van der Waals surface area contributed by atoms with Gasteiger partial charge < -0.3 is 14.2 Å². The largest absolute Gasteiger partial charge is 0.434 e. The summed E-state index contributed by atoms with van der Waals surface area (Å²) in [7, 11) is 0. The van der Waals surface area contributed by atoms with Gasteiger partial charge in [0.15, 0.2) is 5.69 Å². The van der Waals surface area contributed by atoms with Crippen molar-refractivity contribution in [3.63, 3.8) is 0 Å². The van der Waals surface area contributed by atoms with E-state index >= 15 is 0 Å². The van der Waals surface area contributed by atoms with Crippen LogP contribution >= 0.6 is 0 Å². The Morgan fingerprint density at radius 1 is 1.00 bits per heavy atom. The van der Waals surface area contributed by atoms with Gasteiger partial charge in [-0.15, -0.1) is 0 Å². The molecule has 7 nitrogen and oxygen atoms in total. The number of imidazole rings is 1. The number of hydrogen-bond acceptors (Lipinski definition) is 4. The average molecular weight is 372 g/mol. The highest BCUT2D eigenvalue weighted by Gasteiger charge is 2.45. The zero-order chi connectivity index (χ0) is 18.5. The summed E-state index contributed by atoms with van der Waals surface area (Å²) in [6, 6.07) is 0. The number of piperidine rings is 1. The Labute approximate surface area is 147 Å². The van der Waals surface area contributed by atoms with Crippen LogP contribution in [0.2, 0.25) is 0 Å². The Bertz CT molecular complexity index is 732. The second-order valence-corrected chi connectivity index (χ2v) is 7.28. The first-order chi connectivity index (χ1) is 12.3. The van der Waals surface area contributed by atoms with E-state index in [9.17, 15) is 22.8 Å². The summed E-state index contributed by atoms with van der Waals surface area (Å²) in [5.41, 5.74) is -0.581. The number of ether oxygens (including phenoxy) is 1. The van der Waals surface area contributed by atoms with Gasteiger partial charge in [-0.1, -0.05) is 0 Å². The highest BCUT2D eigenvalue weighted by Crippen LogP contribution is 2.53. The highest BCUT2D eigenvalue weighted by molar-refractivity contribution is 5.83. The van der Waals surface area contributed by atoms with Gasteiger partial charge in [0.2, 0.25) is 0 Å². The van der Waals surface area contributed by atoms with Crippen LogP contribution in [0.1, 0.15) is 37.2 Å². The van der Waals surface area contributed by atoms with E-state index in [0.29, 0.717) is 18.5 Å². The van der Waals surface area contributed by atoms with Gasteiger partial charge >= 0.3 is 18.4 Å². The second kappa shape index (κ2) is 5.88. The van der Waals surface area contributed by atoms with E-state index in [4.69, 9.17) is 4.74 Å². The number of alkyl halides is 3. The number of likely N-dealkylation sites (tertiary alicyclic amines) is 1. The Hall–Kier alpha value is -2.26. The van der Waals surface area contributed by atoms with Crippen LogP contribution in [0.3, 0.4) is 0 Å². The van der Waals surface area contributed by atoms with Crippen molar-refractivity contribution in [1.29, 1.82) is 0 Å². The third kappa shape index (κ3) is 3.24. The molecule has 1 aromatic rings. The molecule has 2 aliphatic heterocycles. The fourth-order valence-electron chi connectivity index (χ4n) is 3.59. The molecular weight excluding hydrogens is 353 g/mol. The standard InChI is InChI=1S/C16H19F3N4O3/c17-16(18,19)11-9-22-7-8-23(10-12(22)20-11)14(25)26-13(24)21-5-3-15(1-2-15)4-6-21/h9H,1-8,10H2. The predicted molar refractivity (Wildman–Crippen MR) is 82.0 cm³/mol. The molecule has 1 spiro atoms. The number of carbonyl (C=O) groups excluding carboxylic acids is 2. The lowest BCUT2D eigenvalue weighted by molar-refractivity contribution is -0.141. The minimum Gasteiger partial charge on any atom is -0.359 e. The third-order valence-corrected chi connectivity index (χ3v) is 5.56. The van der Waals surface area contributed by atoms with Crippen molar-refractivity contribution in [3.8, 4) is 0 Å². The first-order valence-electron chi connectivity index (χ1n) is 8.65. The van der Waals surface area contributed by atoms with Crippen LogP contribution in [-0.2, 0) is 24.0 Å². The first-order valence-corrected chi connectivity index (χ1v) is 8.65. The van der Waals surface area contributed by atoms with E-state index in [0.717, 1.165) is 19.0 Å². The fourth-order valence-corrected chi connectivity index (χ4v) is 3.59. The summed E-state index contributed by atoms with van der Waals surface area (Å²) >= 11 is 0. The molecule has 3 heterocycles. The number of amides is 2. The maximum Gasteiger partial charge on any atom is 0.434 e. The minimum atomic E-state index is -4.53. The van der Waals surface area contributed by atoms with Crippen molar-refractivity contribution < 1.29 is 27.5 Å². The molecule has 1 aliphatic carbocycles. The monoisotopic (exact) mass is 372 g/mol. The van der Waals surface area contributed by atoms with E-state index in [-0.39, 0.29) is 25.5 Å². The number of nitrogens with zero attached hydrogens (tertiary/aromatic N) is 4. The molecule has 2 fully saturated rings. The van der Waals surface area contributed by atoms with E-state index in [1.54, 1.807) is 0 Å². The SMILES string of the molecule is O=C(OC(=O)N1CCn2cc(C(F)(F)F)nc2C1)N1CCC2(CC1)CC2. The number of fused-ring (bicyclic) bond motifs is 1. The van der Waals surface area contributed by atoms with Crippen molar-refractivity contribution in [2.45, 2.75) is 44.9 Å². The number of rotatable bonds is 0. The number of carbonyl (C=O) groups is 2. The van der Waals surface area contributed by atoms with Crippen molar-refractivity contribution in [3.05, 3.63) is 17.7 Å². The zero-order valence-electron chi connectivity index (χ0n) is 14.1. The lowest BCUT2D eigenvalue weighted by Crippen LogP contribution is -2.44. The van der Waals surface area contributed by atoms with E-state index in [1.165, 1.54) is 27.2 Å². The molecule has 0 atom stereocenters. The van der Waals surface area contributed by atoms with E-state index < -0.39 is 24.1 Å². The van der Waals surface area contributed by atoms with Crippen molar-refractivity contribution in [2.75, 3.05) is 19.6 Å². The lowest BCUT2D eigenvalue weighted by Gasteiger charge is -2.32. The molecule has 0 bridgehead atoms. The maximum atomic E-state index is 12.7. The first kappa shape index (κ1) is 17.2. The number of hydrogen-bond donors (Lipinski definition) is 0. The molecule has 3 aliphatic rings. The maximum absolute atomic E-state index is 12.7. The van der Waals surface area contributed by atoms with Gasteiger partial charge in [-0.25, -0.2) is 14.6 Å². The van der Waals surface area contributed by atoms with Gasteiger partial charge in [-0.3, -0.25) is 4.90 Å². The summed E-state index contributed by atoms with van der Waals surface area (Å²) in [4.78, 5) is 30.6. The topological polar surface area (TPSA) is 67.7 Å². The van der Waals surface area contributed by atoms with Crippen LogP contribution in [0.4, 0.5) is 22.8 Å². The van der Waals surface area contributed by atoms with Gasteiger partial charge in [-0.2, -0.15) is 13.2 Å². The average Bonchev–Trinajstić information content (AvgIpc) is 3.19. The van der Waals surface area contributed by atoms with Gasteiger partial charge in [0.05, 0.1) is 6.54 Å². The molecule has 1 aromatic heterocycles. The van der Waals surface area contributed by atoms with Crippen LogP contribution in [0.25, 0.3) is 0 Å². The third-order valence-electron chi connectivity index (χ3n) is 5.56. The number of halogens is 3. The summed E-state index contributed by atoms with van der Waals surface area (Å²) < 4.78 is 44.5. The summed E-state index contributed by atoms with van der Waals surface area (Å²) in [6.45, 7) is 1.37. The Balaban J connectivity index is 1.34. The summed E-state index contributed by atoms with van der Waals surface area (Å²) in [6.07, 6.45) is -0.858. The molecule has 2 amide bonds. The molecule has 0 aromatic carbocycles. The Morgan fingerprint density at radius 3 is 2.27 bits per heavy atom. The Morgan fingerprint density at radius 2 is 1.65 bits per heavy atom. The molecule has 26 heavy (non-hydrogen) atoms. The zero-order valence-corrected chi connectivity index (χ0v) is 14.1. The van der Waals surface area contributed by atoms with Crippen LogP contribution in [-0.4, -0.2) is 51.2 Å². The van der Waals surface area contributed by atoms with Crippen LogP contribution in [0, 0.1) is 5.41 Å². The molecular formula is C16H19F3N4O3. The molecule has 0 unspecified atom stereocenters. The molecule has 10 heteroatoms. The van der Waals surface area contributed by atoms with Gasteiger partial charge in [-0.05, 0) is 31.1 Å². The van der Waals surface area contributed by atoms with Gasteiger partial charge in [0, 0.05) is 32.4 Å². The van der Waals surface area contributed by atoms with Crippen molar-refractivity contribution >= 4 is 12.2 Å². The molecule has 4 rings (SSSR count). The van der Waals surface area contributed by atoms with Crippen LogP contribution < -0.4 is 0 Å². The molecule has 142 valence electrons. The lowest BCUT2D eigenvalue weighted by atomic mass is 9.94. The van der Waals surface area contributed by atoms with Crippen LogP contribution in [0.5, 0.6) is 0 Å². The fraction of sp³-hybridized carbons (Fsp3) is 0.688. The van der Waals surface area contributed by atoms with E-state index in [1.807, 2.05) is 0 Å². The quantitative estimate of drug-likeness (QED) is 0.657. The highest BCUT2D eigenvalue weighted by atomic mass is 19.4. The molecule has 0 radical (unpaired) electrons. The van der Waals surface area contributed by atoms with Crippen molar-refractivity contribution in [1.82, 2.24) is 19.4 Å². The second-order valence-electron chi connectivity index (χ2n) is 7.28. The van der Waals surface area contributed by atoms with Crippen LogP contribution in [0.15, 0.2) is 6.20 Å². The smallest absolute Gasteiger partial charge is 0.359 e. The summed E-state index contributed by atoms with van der Waals surface area (Å²) in [5, 5.41) is 0. The molecule has 1 saturated heterocycles. The molecule has 0 N–H and O–H groups in total. The normalized spacial score (nSPS) is 21.5. The Kier molecular flexibility index (Phi) is 3.89. The van der Waals surface area contributed by atoms with Gasteiger partial charge in [0.1, 0.15) is 5.82 Å². The summed E-state index contributed by atoms with van der Waals surface area (Å²) in [5.74, 6) is 0.127. The van der Waals surface area contributed by atoms with Crippen molar-refractivity contribution in [2.24, 2.45) is 5.41 Å². The molecule has 1 saturated carbocycles. The predicted octanol–water partition coefficient (Wildman–Crippen LogP) is 2.85.